The Labute approximate surface area is 537 Å². The van der Waals surface area contributed by atoms with Crippen molar-refractivity contribution >= 4 is 39.5 Å². The number of esters is 4. The minimum Gasteiger partial charge on any atom is -0.462 e. The first-order valence-electron chi connectivity index (χ1n) is 36.3. The number of hydrogen-bond acceptors (Lipinski definition) is 15. The van der Waals surface area contributed by atoms with Gasteiger partial charge in [-0.05, 0) is 25.7 Å². The quantitative estimate of drug-likeness (QED) is 0.0222. The van der Waals surface area contributed by atoms with Gasteiger partial charge in [0.1, 0.15) is 19.3 Å². The van der Waals surface area contributed by atoms with E-state index in [1.54, 1.807) is 0 Å². The van der Waals surface area contributed by atoms with Crippen molar-refractivity contribution in [1.29, 1.82) is 0 Å². The number of aliphatic hydroxyl groups excluding tert-OH is 1. The minimum atomic E-state index is -4.95. The maximum atomic E-state index is 13.0. The van der Waals surface area contributed by atoms with Gasteiger partial charge in [-0.15, -0.1) is 0 Å². The normalized spacial score (nSPS) is 14.0. The predicted octanol–water partition coefficient (Wildman–Crippen LogP) is 19.9. The highest BCUT2D eigenvalue weighted by Crippen LogP contribution is 2.45. The molecular weight excluding hydrogens is 1160 g/mol. The molecule has 88 heavy (non-hydrogen) atoms. The van der Waals surface area contributed by atoms with E-state index in [0.717, 1.165) is 103 Å². The van der Waals surface area contributed by atoms with Crippen molar-refractivity contribution in [2.75, 3.05) is 39.6 Å². The lowest BCUT2D eigenvalue weighted by atomic mass is 10.0. The SMILES string of the molecule is CCCCCCCCCCCCCCCCCCCCCC(=O)O[C@H](COC(=O)CCCCCCCCCCCCCCC)COP(=O)(O)OC[C@@H](O)COP(=O)(O)OC[C@@H](COC(=O)CCCCCCCCC)OC(=O)CCCCCCCCCCC. The Morgan fingerprint density at radius 3 is 0.670 bits per heavy atom. The van der Waals surface area contributed by atoms with E-state index in [4.69, 9.17) is 37.0 Å². The molecule has 0 aromatic carbocycles. The zero-order valence-corrected chi connectivity index (χ0v) is 58.5. The molecule has 0 aliphatic rings. The van der Waals surface area contributed by atoms with Crippen LogP contribution in [0.25, 0.3) is 0 Å². The lowest BCUT2D eigenvalue weighted by Gasteiger charge is -2.21. The van der Waals surface area contributed by atoms with Crippen molar-refractivity contribution in [2.24, 2.45) is 0 Å². The van der Waals surface area contributed by atoms with E-state index in [9.17, 15) is 43.2 Å². The van der Waals surface area contributed by atoms with Crippen LogP contribution in [0.2, 0.25) is 0 Å². The highest BCUT2D eigenvalue weighted by atomic mass is 31.2. The number of carbonyl (C=O) groups is 4. The van der Waals surface area contributed by atoms with E-state index in [1.807, 2.05) is 0 Å². The molecule has 0 bridgehead atoms. The molecule has 0 aromatic heterocycles. The first kappa shape index (κ1) is 86.1. The summed E-state index contributed by atoms with van der Waals surface area (Å²) in [5, 5.41) is 10.6. The zero-order chi connectivity index (χ0) is 64.7. The molecule has 2 unspecified atom stereocenters. The summed E-state index contributed by atoms with van der Waals surface area (Å²) in [6.07, 6.45) is 51.5. The predicted molar refractivity (Wildman–Crippen MR) is 354 cm³/mol. The Hall–Kier alpha value is -1.94. The minimum absolute atomic E-state index is 0.106. The monoisotopic (exact) mass is 1300 g/mol. The Morgan fingerprint density at radius 2 is 0.455 bits per heavy atom. The molecule has 0 saturated heterocycles. The molecule has 19 heteroatoms. The molecule has 0 spiro atoms. The van der Waals surface area contributed by atoms with Gasteiger partial charge in [0.25, 0.3) is 0 Å². The van der Waals surface area contributed by atoms with Gasteiger partial charge in [0.2, 0.25) is 0 Å². The van der Waals surface area contributed by atoms with E-state index < -0.39 is 97.5 Å². The summed E-state index contributed by atoms with van der Waals surface area (Å²) in [5.74, 6) is -2.13. The van der Waals surface area contributed by atoms with Crippen LogP contribution in [-0.2, 0) is 65.4 Å². The second kappa shape index (κ2) is 63.8. The Morgan fingerprint density at radius 1 is 0.273 bits per heavy atom. The van der Waals surface area contributed by atoms with Gasteiger partial charge in [-0.3, -0.25) is 37.3 Å². The van der Waals surface area contributed by atoms with Crippen LogP contribution in [0.1, 0.15) is 362 Å². The van der Waals surface area contributed by atoms with Crippen LogP contribution < -0.4 is 0 Å². The van der Waals surface area contributed by atoms with Crippen LogP contribution in [0.4, 0.5) is 0 Å². The van der Waals surface area contributed by atoms with Gasteiger partial charge in [0, 0.05) is 25.7 Å². The third kappa shape index (κ3) is 62.8. The number of rotatable bonds is 70. The molecule has 0 amide bonds. The molecule has 0 radical (unpaired) electrons. The van der Waals surface area contributed by atoms with Gasteiger partial charge < -0.3 is 33.8 Å². The van der Waals surface area contributed by atoms with Crippen LogP contribution in [0.3, 0.4) is 0 Å². The van der Waals surface area contributed by atoms with Crippen LogP contribution in [-0.4, -0.2) is 96.7 Å². The highest BCUT2D eigenvalue weighted by molar-refractivity contribution is 7.47. The maximum absolute atomic E-state index is 13.0. The van der Waals surface area contributed by atoms with E-state index in [0.29, 0.717) is 25.7 Å². The van der Waals surface area contributed by atoms with Gasteiger partial charge in [0.15, 0.2) is 12.2 Å². The smallest absolute Gasteiger partial charge is 0.462 e. The number of carbonyl (C=O) groups excluding carboxylic acids is 4. The summed E-state index contributed by atoms with van der Waals surface area (Å²) in [4.78, 5) is 72.3. The van der Waals surface area contributed by atoms with Crippen LogP contribution in [0, 0.1) is 0 Å². The van der Waals surface area contributed by atoms with E-state index >= 15 is 0 Å². The van der Waals surface area contributed by atoms with Crippen molar-refractivity contribution in [3.05, 3.63) is 0 Å². The molecule has 0 rings (SSSR count). The molecule has 0 aliphatic heterocycles. The summed E-state index contributed by atoms with van der Waals surface area (Å²) in [5.41, 5.74) is 0. The Bertz CT molecular complexity index is 1690. The molecule has 0 aromatic rings. The van der Waals surface area contributed by atoms with E-state index in [1.165, 1.54) is 180 Å². The first-order chi connectivity index (χ1) is 42.7. The third-order valence-electron chi connectivity index (χ3n) is 16.1. The fraction of sp³-hybridized carbons (Fsp3) is 0.942. The largest absolute Gasteiger partial charge is 0.472 e. The molecule has 0 fully saturated rings. The van der Waals surface area contributed by atoms with Gasteiger partial charge in [-0.25, -0.2) is 9.13 Å². The Kier molecular flexibility index (Phi) is 62.4. The number of ether oxygens (including phenoxy) is 4. The lowest BCUT2D eigenvalue weighted by Crippen LogP contribution is -2.30. The maximum Gasteiger partial charge on any atom is 0.472 e. The van der Waals surface area contributed by atoms with Crippen molar-refractivity contribution in [1.82, 2.24) is 0 Å². The van der Waals surface area contributed by atoms with E-state index in [-0.39, 0.29) is 25.7 Å². The molecule has 5 atom stereocenters. The highest BCUT2D eigenvalue weighted by Gasteiger charge is 2.30. The molecule has 0 heterocycles. The number of phosphoric ester groups is 2. The van der Waals surface area contributed by atoms with E-state index in [2.05, 4.69) is 27.7 Å². The lowest BCUT2D eigenvalue weighted by molar-refractivity contribution is -0.161. The molecule has 3 N–H and O–H groups in total. The van der Waals surface area contributed by atoms with Gasteiger partial charge in [0.05, 0.1) is 26.4 Å². The Balaban J connectivity index is 5.16. The molecule has 0 aliphatic carbocycles. The topological polar surface area (TPSA) is 237 Å². The average molecular weight is 1300 g/mol. The van der Waals surface area contributed by atoms with Crippen LogP contribution >= 0.6 is 15.6 Å². The van der Waals surface area contributed by atoms with Crippen LogP contribution in [0.15, 0.2) is 0 Å². The molecule has 0 saturated carbocycles. The number of hydrogen-bond donors (Lipinski definition) is 3. The first-order valence-corrected chi connectivity index (χ1v) is 39.3. The second-order valence-electron chi connectivity index (χ2n) is 24.9. The second-order valence-corrected chi connectivity index (χ2v) is 27.8. The summed E-state index contributed by atoms with van der Waals surface area (Å²) >= 11 is 0. The molecule has 522 valence electrons. The number of aliphatic hydroxyl groups is 1. The van der Waals surface area contributed by atoms with Crippen molar-refractivity contribution < 1.29 is 80.2 Å². The molecule has 17 nitrogen and oxygen atoms in total. The zero-order valence-electron chi connectivity index (χ0n) is 56.7. The molecular formula is C69H134O17P2. The summed E-state index contributed by atoms with van der Waals surface area (Å²) in [6.45, 7) is 4.88. The fourth-order valence-corrected chi connectivity index (χ4v) is 12.1. The van der Waals surface area contributed by atoms with Crippen molar-refractivity contribution in [2.45, 2.75) is 380 Å². The average Bonchev–Trinajstić information content (AvgIpc) is 3.71. The summed E-state index contributed by atoms with van der Waals surface area (Å²) in [7, 11) is -9.89. The van der Waals surface area contributed by atoms with Crippen LogP contribution in [0.5, 0.6) is 0 Å². The van der Waals surface area contributed by atoms with Gasteiger partial charge >= 0.3 is 39.5 Å². The fourth-order valence-electron chi connectivity index (χ4n) is 10.5. The van der Waals surface area contributed by atoms with Crippen molar-refractivity contribution in [3.8, 4) is 0 Å². The third-order valence-corrected chi connectivity index (χ3v) is 18.0. The van der Waals surface area contributed by atoms with Gasteiger partial charge in [-0.1, -0.05) is 310 Å². The number of phosphoric acid groups is 2. The van der Waals surface area contributed by atoms with Gasteiger partial charge in [-0.2, -0.15) is 0 Å². The number of unbranched alkanes of at least 4 members (excludes halogenated alkanes) is 44. The summed E-state index contributed by atoms with van der Waals surface area (Å²) < 4.78 is 68.1. The summed E-state index contributed by atoms with van der Waals surface area (Å²) in [6, 6.07) is 0. The van der Waals surface area contributed by atoms with Crippen molar-refractivity contribution in [3.63, 3.8) is 0 Å². The standard InChI is InChI=1S/C69H134O17P2/c1-5-9-13-17-21-24-26-28-29-30-31-32-33-35-37-40-44-48-52-56-69(74)86-65(60-80-67(72)54-50-46-42-39-36-34-27-25-22-18-14-10-6-2)62-84-88(77,78)82-58-63(70)57-81-87(75,76)83-61-64(59-79-66(71)53-49-45-41-20-16-12-8-4)85-68(73)55-51-47-43-38-23-19-15-11-7-3/h63-65,70H,5-62H2,1-4H3,(H,75,76)(H,77,78)/t63-,64+,65+/m0/s1.